The molecule has 242 valence electrons. The second-order valence-electron chi connectivity index (χ2n) is 12.6. The number of piperidine rings is 1. The van der Waals surface area contributed by atoms with Crippen molar-refractivity contribution in [2.45, 2.75) is 82.8 Å². The molecule has 1 atom stereocenters. The van der Waals surface area contributed by atoms with Gasteiger partial charge in [-0.3, -0.25) is 4.79 Å². The van der Waals surface area contributed by atoms with E-state index in [0.717, 1.165) is 68.9 Å². The van der Waals surface area contributed by atoms with Gasteiger partial charge in [0.25, 0.3) is 5.91 Å². The Balaban J connectivity index is 1.28. The molecule has 1 N–H and O–H groups in total. The van der Waals surface area contributed by atoms with Crippen LogP contribution in [-0.4, -0.2) is 85.2 Å². The third-order valence-corrected chi connectivity index (χ3v) is 9.76. The van der Waals surface area contributed by atoms with Crippen molar-refractivity contribution in [3.05, 3.63) is 39.7 Å². The van der Waals surface area contributed by atoms with Gasteiger partial charge < -0.3 is 29.3 Å². The Bertz CT molecular complexity index is 1330. The molecule has 0 bridgehead atoms. The number of alkyl halides is 3. The summed E-state index contributed by atoms with van der Waals surface area (Å²) in [5, 5.41) is 3.29. The average Bonchev–Trinajstić information content (AvgIpc) is 3.58. The van der Waals surface area contributed by atoms with E-state index < -0.39 is 29.7 Å². The van der Waals surface area contributed by atoms with Gasteiger partial charge in [0.2, 0.25) is 0 Å². The number of nitrogens with one attached hydrogen (secondary N) is 1. The van der Waals surface area contributed by atoms with Crippen molar-refractivity contribution >= 4 is 34.9 Å². The normalized spacial score (nSPS) is 21.0. The van der Waals surface area contributed by atoms with Crippen LogP contribution in [0.5, 0.6) is 5.75 Å². The summed E-state index contributed by atoms with van der Waals surface area (Å²) in [4.78, 5) is 29.9. The molecule has 8 nitrogen and oxygen atoms in total. The van der Waals surface area contributed by atoms with Gasteiger partial charge >= 0.3 is 12.5 Å². The Kier molecular flexibility index (Phi) is 10.0. The third-order valence-electron chi connectivity index (χ3n) is 8.28. The second-order valence-corrected chi connectivity index (χ2v) is 14.1. The number of likely N-dealkylation sites (tertiary alicyclic amines) is 2. The van der Waals surface area contributed by atoms with Gasteiger partial charge in [-0.15, -0.1) is 24.5 Å². The Hall–Kier alpha value is -2.54. The van der Waals surface area contributed by atoms with Crippen LogP contribution >= 0.6 is 22.9 Å². The Morgan fingerprint density at radius 1 is 1.02 bits per heavy atom. The number of thiophene rings is 1. The van der Waals surface area contributed by atoms with E-state index in [4.69, 9.17) is 21.1 Å². The summed E-state index contributed by atoms with van der Waals surface area (Å²) in [5.74, 6) is -0.839. The maximum atomic E-state index is 13.4. The van der Waals surface area contributed by atoms with Gasteiger partial charge in [-0.05, 0) is 89.1 Å². The smallest absolute Gasteiger partial charge is 0.444 e. The molecule has 1 aromatic carbocycles. The number of benzene rings is 1. The molecule has 44 heavy (non-hydrogen) atoms. The van der Waals surface area contributed by atoms with E-state index in [0.29, 0.717) is 33.8 Å². The molecule has 0 aliphatic carbocycles. The van der Waals surface area contributed by atoms with Crippen LogP contribution in [0.2, 0.25) is 5.02 Å². The first-order chi connectivity index (χ1) is 20.8. The van der Waals surface area contributed by atoms with Gasteiger partial charge in [-0.25, -0.2) is 4.79 Å². The van der Waals surface area contributed by atoms with Crippen LogP contribution < -0.4 is 10.1 Å². The van der Waals surface area contributed by atoms with E-state index in [1.54, 1.807) is 26.8 Å². The summed E-state index contributed by atoms with van der Waals surface area (Å²) < 4.78 is 55.1. The lowest BCUT2D eigenvalue weighted by Gasteiger charge is -2.39. The molecule has 0 unspecified atom stereocenters. The highest BCUT2D eigenvalue weighted by atomic mass is 35.5. The lowest BCUT2D eigenvalue weighted by Crippen LogP contribution is -2.43. The number of carbonyl (C=O) groups is 2. The number of ether oxygens (including phenoxy) is 3. The van der Waals surface area contributed by atoms with Gasteiger partial charge in [0, 0.05) is 48.3 Å². The van der Waals surface area contributed by atoms with Crippen molar-refractivity contribution < 1.29 is 37.0 Å². The number of rotatable bonds is 6. The minimum absolute atomic E-state index is 0.143. The molecule has 2 amide bonds. The number of carbonyl (C=O) groups excluding carboxylic acids is 2. The van der Waals surface area contributed by atoms with Crippen molar-refractivity contribution in [3.8, 4) is 16.2 Å². The number of hydrogen-bond donors (Lipinski definition) is 1. The fourth-order valence-corrected chi connectivity index (χ4v) is 7.57. The zero-order valence-electron chi connectivity index (χ0n) is 25.2. The highest BCUT2D eigenvalue weighted by molar-refractivity contribution is 7.17. The summed E-state index contributed by atoms with van der Waals surface area (Å²) in [5.41, 5.74) is 0.960. The lowest BCUT2D eigenvalue weighted by molar-refractivity contribution is -0.274. The summed E-state index contributed by atoms with van der Waals surface area (Å²) in [6.07, 6.45) is -1.04. The van der Waals surface area contributed by atoms with Gasteiger partial charge in [0.1, 0.15) is 10.5 Å². The van der Waals surface area contributed by atoms with Gasteiger partial charge in [-0.1, -0.05) is 23.7 Å². The molecular formula is C31H39ClF3N3O5S. The van der Waals surface area contributed by atoms with E-state index >= 15 is 0 Å². The maximum absolute atomic E-state index is 13.4. The zero-order valence-corrected chi connectivity index (χ0v) is 26.7. The topological polar surface area (TPSA) is 80.3 Å². The van der Waals surface area contributed by atoms with Gasteiger partial charge in [0.15, 0.2) is 5.75 Å². The number of halogens is 4. The third kappa shape index (κ3) is 8.38. The number of nitrogens with zero attached hydrogens (tertiary/aromatic N) is 2. The molecule has 3 fully saturated rings. The molecule has 4 heterocycles. The summed E-state index contributed by atoms with van der Waals surface area (Å²) in [6.45, 7) is 9.25. The monoisotopic (exact) mass is 657 g/mol. The van der Waals surface area contributed by atoms with Crippen molar-refractivity contribution in [2.24, 2.45) is 0 Å². The highest BCUT2D eigenvalue weighted by Crippen LogP contribution is 2.42. The molecule has 1 aromatic heterocycles. The fraction of sp³-hybridized carbons (Fsp3) is 0.613. The lowest BCUT2D eigenvalue weighted by atomic mass is 9.87. The molecule has 3 saturated heterocycles. The van der Waals surface area contributed by atoms with Crippen molar-refractivity contribution in [2.75, 3.05) is 39.4 Å². The number of alkyl carbamates (subject to hydrolysis) is 1. The first-order valence-electron chi connectivity index (χ1n) is 15.1. The summed E-state index contributed by atoms with van der Waals surface area (Å²) in [6, 6.07) is 6.99. The van der Waals surface area contributed by atoms with Crippen LogP contribution in [-0.2, 0) is 9.47 Å². The Labute approximate surface area is 264 Å². The first kappa shape index (κ1) is 32.8. The van der Waals surface area contributed by atoms with E-state index in [-0.39, 0.29) is 24.0 Å². The van der Waals surface area contributed by atoms with E-state index in [1.807, 2.05) is 12.1 Å². The van der Waals surface area contributed by atoms with Crippen molar-refractivity contribution in [1.82, 2.24) is 15.1 Å². The molecule has 3 aliphatic heterocycles. The predicted molar refractivity (Wildman–Crippen MR) is 163 cm³/mol. The number of amides is 2. The van der Waals surface area contributed by atoms with Crippen molar-refractivity contribution in [3.63, 3.8) is 0 Å². The van der Waals surface area contributed by atoms with E-state index in [9.17, 15) is 22.8 Å². The summed E-state index contributed by atoms with van der Waals surface area (Å²) in [7, 11) is 0. The molecule has 0 saturated carbocycles. The molecule has 5 rings (SSSR count). The zero-order chi connectivity index (χ0) is 31.6. The van der Waals surface area contributed by atoms with E-state index in [1.165, 1.54) is 11.0 Å². The summed E-state index contributed by atoms with van der Waals surface area (Å²) >= 11 is 7.69. The minimum atomic E-state index is -4.97. The maximum Gasteiger partial charge on any atom is 0.573 e. The quantitative estimate of drug-likeness (QED) is 0.358. The molecule has 0 spiro atoms. The molecule has 2 aromatic rings. The van der Waals surface area contributed by atoms with Crippen LogP contribution in [0.4, 0.5) is 18.0 Å². The van der Waals surface area contributed by atoms with E-state index in [2.05, 4.69) is 15.0 Å². The van der Waals surface area contributed by atoms with Gasteiger partial charge in [-0.2, -0.15) is 0 Å². The fourth-order valence-electron chi connectivity index (χ4n) is 6.18. The van der Waals surface area contributed by atoms with Crippen LogP contribution in [0.3, 0.4) is 0 Å². The van der Waals surface area contributed by atoms with Crippen LogP contribution in [0.15, 0.2) is 24.3 Å². The van der Waals surface area contributed by atoms with Crippen LogP contribution in [0.25, 0.3) is 10.4 Å². The standard InChI is InChI=1S/C31H39ClF3N3O5S/c1-30(2,3)43-29(40)36-21-8-13-38(18-21)28(39)27-25(42-31(33,34)35)17-26(44-27)20-4-5-23(24(32)16-20)19-6-11-37(12-7-19)22-9-14-41-15-10-22/h4-5,16-17,19,21-22H,6-15,18H2,1-3H3,(H,36,40)/t21-/m0/s1. The minimum Gasteiger partial charge on any atom is -0.444 e. The second kappa shape index (κ2) is 13.4. The largest absolute Gasteiger partial charge is 0.573 e. The average molecular weight is 658 g/mol. The molecule has 3 aliphatic rings. The number of hydrogen-bond acceptors (Lipinski definition) is 7. The Morgan fingerprint density at radius 3 is 2.36 bits per heavy atom. The highest BCUT2D eigenvalue weighted by Gasteiger charge is 2.37. The van der Waals surface area contributed by atoms with Crippen molar-refractivity contribution in [1.29, 1.82) is 0 Å². The molecule has 0 radical (unpaired) electrons. The molecule has 13 heteroatoms. The molecular weight excluding hydrogens is 619 g/mol. The Morgan fingerprint density at radius 2 is 1.73 bits per heavy atom. The first-order valence-corrected chi connectivity index (χ1v) is 16.2. The van der Waals surface area contributed by atoms with Crippen LogP contribution in [0, 0.1) is 0 Å². The predicted octanol–water partition coefficient (Wildman–Crippen LogP) is 7.06. The van der Waals surface area contributed by atoms with Crippen LogP contribution in [0.1, 0.15) is 74.0 Å². The van der Waals surface area contributed by atoms with Gasteiger partial charge in [0.05, 0.1) is 6.04 Å². The SMILES string of the molecule is CC(C)(C)OC(=O)N[C@H]1CCN(C(=O)c2sc(-c3ccc(C4CCN(C5CCOCC5)CC4)c(Cl)c3)cc2OC(F)(F)F)C1.